The van der Waals surface area contributed by atoms with Crippen molar-refractivity contribution in [3.8, 4) is 12.3 Å². The van der Waals surface area contributed by atoms with Crippen LogP contribution >= 0.6 is 0 Å². The van der Waals surface area contributed by atoms with Crippen LogP contribution in [0.4, 0.5) is 0 Å². The lowest BCUT2D eigenvalue weighted by Gasteiger charge is -2.39. The highest BCUT2D eigenvalue weighted by Crippen LogP contribution is 2.20. The molecule has 0 atom stereocenters. The zero-order valence-electron chi connectivity index (χ0n) is 8.91. The van der Waals surface area contributed by atoms with Crippen molar-refractivity contribution in [1.29, 1.82) is 0 Å². The zero-order chi connectivity index (χ0) is 9.95. The van der Waals surface area contributed by atoms with E-state index in [4.69, 9.17) is 6.42 Å². The van der Waals surface area contributed by atoms with E-state index in [0.29, 0.717) is 0 Å². The zero-order valence-corrected chi connectivity index (χ0v) is 8.91. The van der Waals surface area contributed by atoms with Crippen molar-refractivity contribution in [1.82, 2.24) is 10.6 Å². The molecule has 0 amide bonds. The van der Waals surface area contributed by atoms with Crippen molar-refractivity contribution in [2.24, 2.45) is 0 Å². The average Bonchev–Trinajstić information content (AvgIpc) is 2.03. The molecule has 0 saturated carbocycles. The number of piperidine rings is 1. The van der Waals surface area contributed by atoms with E-state index in [-0.39, 0.29) is 11.1 Å². The number of hydrogen-bond acceptors (Lipinski definition) is 2. The van der Waals surface area contributed by atoms with Crippen LogP contribution in [-0.2, 0) is 0 Å². The molecule has 2 nitrogen and oxygen atoms in total. The third-order valence-electron chi connectivity index (χ3n) is 2.35. The lowest BCUT2D eigenvalue weighted by molar-refractivity contribution is 0.246. The maximum absolute atomic E-state index is 5.61. The second-order valence-electron chi connectivity index (χ2n) is 4.85. The van der Waals surface area contributed by atoms with Crippen molar-refractivity contribution < 1.29 is 0 Å². The summed E-state index contributed by atoms with van der Waals surface area (Å²) in [5, 5.41) is 6.87. The first kappa shape index (κ1) is 10.6. The van der Waals surface area contributed by atoms with Gasteiger partial charge in [0.25, 0.3) is 0 Å². The molecule has 0 aromatic heterocycles. The van der Waals surface area contributed by atoms with Crippen LogP contribution < -0.4 is 10.6 Å². The fraction of sp³-hybridized carbons (Fsp3) is 0.818. The van der Waals surface area contributed by atoms with Gasteiger partial charge in [0.05, 0.1) is 5.54 Å². The Hall–Kier alpha value is -0.520. The van der Waals surface area contributed by atoms with E-state index in [9.17, 15) is 0 Å². The van der Waals surface area contributed by atoms with Crippen molar-refractivity contribution >= 4 is 0 Å². The van der Waals surface area contributed by atoms with Crippen molar-refractivity contribution in [2.45, 2.75) is 44.7 Å². The summed E-state index contributed by atoms with van der Waals surface area (Å²) in [6.07, 6.45) is 7.66. The summed E-state index contributed by atoms with van der Waals surface area (Å²) in [5.41, 5.74) is 0.0210. The molecule has 1 fully saturated rings. The largest absolute Gasteiger partial charge is 0.317 e. The molecule has 0 aromatic carbocycles. The number of hydrogen-bond donors (Lipinski definition) is 2. The molecular formula is C11H20N2. The average molecular weight is 180 g/mol. The van der Waals surface area contributed by atoms with Gasteiger partial charge < -0.3 is 5.32 Å². The monoisotopic (exact) mass is 180 g/mol. The van der Waals surface area contributed by atoms with E-state index in [1.807, 2.05) is 0 Å². The molecule has 2 N–H and O–H groups in total. The first-order valence-corrected chi connectivity index (χ1v) is 4.95. The molecule has 0 aromatic rings. The quantitative estimate of drug-likeness (QED) is 0.591. The van der Waals surface area contributed by atoms with Gasteiger partial charge in [-0.1, -0.05) is 5.92 Å². The van der Waals surface area contributed by atoms with Gasteiger partial charge in [0.2, 0.25) is 0 Å². The van der Waals surface area contributed by atoms with Crippen LogP contribution in [0.25, 0.3) is 0 Å². The van der Waals surface area contributed by atoms with Crippen LogP contribution in [-0.4, -0.2) is 24.2 Å². The lowest BCUT2D eigenvalue weighted by Crippen LogP contribution is -2.57. The van der Waals surface area contributed by atoms with Crippen LogP contribution in [0.15, 0.2) is 0 Å². The normalized spacial score (nSPS) is 22.3. The fourth-order valence-corrected chi connectivity index (χ4v) is 1.88. The SMILES string of the molecule is C#CC1(NC(C)(C)C)CCNCC1. The van der Waals surface area contributed by atoms with Gasteiger partial charge >= 0.3 is 0 Å². The van der Waals surface area contributed by atoms with Crippen LogP contribution in [0, 0.1) is 12.3 Å². The van der Waals surface area contributed by atoms with Gasteiger partial charge in [-0.25, -0.2) is 0 Å². The summed E-state index contributed by atoms with van der Waals surface area (Å²) < 4.78 is 0. The highest BCUT2D eigenvalue weighted by molar-refractivity contribution is 5.16. The van der Waals surface area contributed by atoms with Gasteiger partial charge in [0.15, 0.2) is 0 Å². The maximum atomic E-state index is 5.61. The molecule has 1 heterocycles. The summed E-state index contributed by atoms with van der Waals surface area (Å²) >= 11 is 0. The van der Waals surface area contributed by atoms with E-state index in [1.165, 1.54) is 0 Å². The molecule has 0 unspecified atom stereocenters. The van der Waals surface area contributed by atoms with Gasteiger partial charge in [0.1, 0.15) is 0 Å². The van der Waals surface area contributed by atoms with Crippen LogP contribution in [0.1, 0.15) is 33.6 Å². The molecule has 74 valence electrons. The Kier molecular flexibility index (Phi) is 3.00. The minimum absolute atomic E-state index is 0.0799. The van der Waals surface area contributed by atoms with E-state index < -0.39 is 0 Å². The standard InChI is InChI=1S/C11H20N2/c1-5-11(13-10(2,3)4)6-8-12-9-7-11/h1,12-13H,6-9H2,2-4H3. The second kappa shape index (κ2) is 3.69. The Labute approximate surface area is 81.5 Å². The highest BCUT2D eigenvalue weighted by Gasteiger charge is 2.32. The Morgan fingerprint density at radius 2 is 1.85 bits per heavy atom. The number of terminal acetylenes is 1. The molecule has 0 spiro atoms. The number of rotatable bonds is 1. The summed E-state index contributed by atoms with van der Waals surface area (Å²) in [7, 11) is 0. The molecule has 1 rings (SSSR count). The van der Waals surface area contributed by atoms with Crippen LogP contribution in [0.5, 0.6) is 0 Å². The van der Waals surface area contributed by atoms with Gasteiger partial charge in [-0.15, -0.1) is 6.42 Å². The predicted molar refractivity (Wildman–Crippen MR) is 56.6 cm³/mol. The summed E-state index contributed by atoms with van der Waals surface area (Å²) in [6.45, 7) is 8.52. The van der Waals surface area contributed by atoms with E-state index >= 15 is 0 Å². The molecule has 1 aliphatic rings. The molecular weight excluding hydrogens is 160 g/mol. The Bertz CT molecular complexity index is 201. The third-order valence-corrected chi connectivity index (χ3v) is 2.35. The van der Waals surface area contributed by atoms with Crippen molar-refractivity contribution in [2.75, 3.05) is 13.1 Å². The van der Waals surface area contributed by atoms with E-state index in [0.717, 1.165) is 25.9 Å². The van der Waals surface area contributed by atoms with Crippen molar-refractivity contribution in [3.05, 3.63) is 0 Å². The van der Waals surface area contributed by atoms with Gasteiger partial charge in [-0.05, 0) is 46.7 Å². The first-order valence-electron chi connectivity index (χ1n) is 4.95. The molecule has 2 heteroatoms. The van der Waals surface area contributed by atoms with Crippen LogP contribution in [0.3, 0.4) is 0 Å². The summed E-state index contributed by atoms with van der Waals surface area (Å²) in [4.78, 5) is 0. The molecule has 0 bridgehead atoms. The lowest BCUT2D eigenvalue weighted by atomic mass is 9.86. The number of nitrogens with one attached hydrogen (secondary N) is 2. The maximum Gasteiger partial charge on any atom is 0.0826 e. The topological polar surface area (TPSA) is 24.1 Å². The third kappa shape index (κ3) is 3.02. The predicted octanol–water partition coefficient (Wildman–Crippen LogP) is 1.13. The van der Waals surface area contributed by atoms with Gasteiger partial charge in [0, 0.05) is 5.54 Å². The molecule has 13 heavy (non-hydrogen) atoms. The van der Waals surface area contributed by atoms with Crippen LogP contribution in [0.2, 0.25) is 0 Å². The summed E-state index contributed by atoms with van der Waals surface area (Å²) in [6, 6.07) is 0. The molecule has 0 aliphatic carbocycles. The second-order valence-corrected chi connectivity index (χ2v) is 4.85. The highest BCUT2D eigenvalue weighted by atomic mass is 15.1. The molecule has 1 saturated heterocycles. The Balaban J connectivity index is 2.65. The Morgan fingerprint density at radius 1 is 1.31 bits per heavy atom. The minimum atomic E-state index is -0.0799. The summed E-state index contributed by atoms with van der Waals surface area (Å²) in [5.74, 6) is 2.92. The van der Waals surface area contributed by atoms with E-state index in [2.05, 4.69) is 37.3 Å². The fourth-order valence-electron chi connectivity index (χ4n) is 1.88. The van der Waals surface area contributed by atoms with Gasteiger partial charge in [-0.2, -0.15) is 0 Å². The molecule has 1 aliphatic heterocycles. The smallest absolute Gasteiger partial charge is 0.0826 e. The van der Waals surface area contributed by atoms with Gasteiger partial charge in [-0.3, -0.25) is 5.32 Å². The first-order chi connectivity index (χ1) is 5.97. The van der Waals surface area contributed by atoms with Crippen molar-refractivity contribution in [3.63, 3.8) is 0 Å². The van der Waals surface area contributed by atoms with E-state index in [1.54, 1.807) is 0 Å². The molecule has 0 radical (unpaired) electrons. The minimum Gasteiger partial charge on any atom is -0.317 e. The Morgan fingerprint density at radius 3 is 2.23 bits per heavy atom.